The summed E-state index contributed by atoms with van der Waals surface area (Å²) in [7, 11) is 0. The summed E-state index contributed by atoms with van der Waals surface area (Å²) >= 11 is 0. The van der Waals surface area contributed by atoms with Gasteiger partial charge in [0.25, 0.3) is 11.7 Å². The molecule has 1 aromatic carbocycles. The predicted molar refractivity (Wildman–Crippen MR) is 89.8 cm³/mol. The molecule has 132 valence electrons. The zero-order valence-corrected chi connectivity index (χ0v) is 14.6. The average molecular weight is 344 g/mol. The van der Waals surface area contributed by atoms with Gasteiger partial charge in [-0.05, 0) is 17.7 Å². The molecule has 1 aromatic rings. The highest BCUT2D eigenvalue weighted by Crippen LogP contribution is 2.31. The van der Waals surface area contributed by atoms with Crippen molar-refractivity contribution in [3.05, 3.63) is 41.1 Å². The van der Waals surface area contributed by atoms with E-state index in [2.05, 4.69) is 24.5 Å². The van der Waals surface area contributed by atoms with Crippen LogP contribution in [0.1, 0.15) is 43.6 Å². The van der Waals surface area contributed by atoms with E-state index in [-0.39, 0.29) is 16.9 Å². The van der Waals surface area contributed by atoms with Crippen LogP contribution in [0.4, 0.5) is 5.69 Å². The first-order valence-corrected chi connectivity index (χ1v) is 7.95. The van der Waals surface area contributed by atoms with Crippen LogP contribution in [0.2, 0.25) is 0 Å². The van der Waals surface area contributed by atoms with Crippen molar-refractivity contribution in [2.75, 3.05) is 11.9 Å². The monoisotopic (exact) mass is 344 g/mol. The molecule has 0 saturated carbocycles. The SMILES string of the molecule is CC1(C)OC(=O)C(=CNc2ccc3c(c2)C(=O)NCC3(C)C)C(=O)O1. The highest BCUT2D eigenvalue weighted by atomic mass is 16.7. The van der Waals surface area contributed by atoms with Gasteiger partial charge in [0.05, 0.1) is 0 Å². The highest BCUT2D eigenvalue weighted by Gasteiger charge is 2.39. The number of hydrogen-bond acceptors (Lipinski definition) is 6. The third-order valence-corrected chi connectivity index (χ3v) is 4.18. The van der Waals surface area contributed by atoms with Crippen molar-refractivity contribution in [3.8, 4) is 0 Å². The number of anilines is 1. The van der Waals surface area contributed by atoms with Crippen molar-refractivity contribution in [1.29, 1.82) is 0 Å². The third-order valence-electron chi connectivity index (χ3n) is 4.18. The Morgan fingerprint density at radius 2 is 1.72 bits per heavy atom. The molecule has 0 atom stereocenters. The van der Waals surface area contributed by atoms with Crippen LogP contribution in [0.3, 0.4) is 0 Å². The van der Waals surface area contributed by atoms with Crippen LogP contribution in [0.5, 0.6) is 0 Å². The first kappa shape index (κ1) is 17.0. The molecule has 2 N–H and O–H groups in total. The standard InChI is InChI=1S/C18H20N2O5/c1-17(2)9-20-14(21)11-7-10(5-6-13(11)17)19-8-12-15(22)24-18(3,4)25-16(12)23/h5-8,19H,9H2,1-4H3,(H,20,21). The summed E-state index contributed by atoms with van der Waals surface area (Å²) in [5.41, 5.74) is 1.69. The van der Waals surface area contributed by atoms with Crippen LogP contribution in [0.25, 0.3) is 0 Å². The molecule has 1 amide bonds. The number of hydrogen-bond donors (Lipinski definition) is 2. The van der Waals surface area contributed by atoms with Crippen molar-refractivity contribution >= 4 is 23.5 Å². The van der Waals surface area contributed by atoms with Crippen molar-refractivity contribution in [1.82, 2.24) is 5.32 Å². The molecule has 1 fully saturated rings. The maximum atomic E-state index is 12.1. The summed E-state index contributed by atoms with van der Waals surface area (Å²) in [4.78, 5) is 35.9. The Kier molecular flexibility index (Phi) is 3.82. The van der Waals surface area contributed by atoms with Crippen molar-refractivity contribution in [2.24, 2.45) is 0 Å². The molecule has 2 aliphatic heterocycles. The molecule has 2 aliphatic rings. The zero-order valence-electron chi connectivity index (χ0n) is 14.6. The second kappa shape index (κ2) is 5.61. The van der Waals surface area contributed by atoms with Crippen LogP contribution in [-0.2, 0) is 24.5 Å². The van der Waals surface area contributed by atoms with Gasteiger partial charge in [0.15, 0.2) is 5.57 Å². The summed E-state index contributed by atoms with van der Waals surface area (Å²) in [6.45, 7) is 7.64. The summed E-state index contributed by atoms with van der Waals surface area (Å²) in [6, 6.07) is 5.35. The van der Waals surface area contributed by atoms with Gasteiger partial charge in [-0.25, -0.2) is 9.59 Å². The van der Waals surface area contributed by atoms with Gasteiger partial charge >= 0.3 is 11.9 Å². The lowest BCUT2D eigenvalue weighted by Crippen LogP contribution is -2.43. The quantitative estimate of drug-likeness (QED) is 0.483. The molecule has 2 heterocycles. The Labute approximate surface area is 145 Å². The molecule has 25 heavy (non-hydrogen) atoms. The number of cyclic esters (lactones) is 2. The number of fused-ring (bicyclic) bond motifs is 1. The smallest absolute Gasteiger partial charge is 0.350 e. The van der Waals surface area contributed by atoms with Crippen LogP contribution in [0.15, 0.2) is 30.0 Å². The van der Waals surface area contributed by atoms with E-state index in [4.69, 9.17) is 9.47 Å². The minimum Gasteiger partial charge on any atom is -0.419 e. The second-order valence-corrected chi connectivity index (χ2v) is 7.21. The number of benzene rings is 1. The average Bonchev–Trinajstić information content (AvgIpc) is 2.49. The lowest BCUT2D eigenvalue weighted by molar-refractivity contribution is -0.222. The highest BCUT2D eigenvalue weighted by molar-refractivity contribution is 6.15. The molecule has 7 nitrogen and oxygen atoms in total. The summed E-state index contributed by atoms with van der Waals surface area (Å²) in [6.07, 6.45) is 1.23. The van der Waals surface area contributed by atoms with Gasteiger partial charge in [-0.2, -0.15) is 0 Å². The molecule has 0 spiro atoms. The molecule has 0 aromatic heterocycles. The number of amides is 1. The van der Waals surface area contributed by atoms with Gasteiger partial charge in [-0.15, -0.1) is 0 Å². The third kappa shape index (κ3) is 3.22. The second-order valence-electron chi connectivity index (χ2n) is 7.21. The molecule has 3 rings (SSSR count). The van der Waals surface area contributed by atoms with Gasteiger partial charge in [0.2, 0.25) is 0 Å². The van der Waals surface area contributed by atoms with Gasteiger partial charge in [-0.3, -0.25) is 4.79 Å². The van der Waals surface area contributed by atoms with Crippen molar-refractivity contribution in [3.63, 3.8) is 0 Å². The number of rotatable bonds is 2. The summed E-state index contributed by atoms with van der Waals surface area (Å²) in [5.74, 6) is -2.94. The van der Waals surface area contributed by atoms with Gasteiger partial charge in [0, 0.05) is 43.3 Å². The normalized spacial score (nSPS) is 20.8. The number of ether oxygens (including phenoxy) is 2. The van der Waals surface area contributed by atoms with E-state index in [1.54, 1.807) is 12.1 Å². The van der Waals surface area contributed by atoms with E-state index in [1.165, 1.54) is 20.0 Å². The summed E-state index contributed by atoms with van der Waals surface area (Å²) in [5, 5.41) is 5.71. The van der Waals surface area contributed by atoms with E-state index in [9.17, 15) is 14.4 Å². The maximum Gasteiger partial charge on any atom is 0.350 e. The van der Waals surface area contributed by atoms with Crippen LogP contribution < -0.4 is 10.6 Å². The van der Waals surface area contributed by atoms with E-state index in [1.807, 2.05) is 6.07 Å². The van der Waals surface area contributed by atoms with Gasteiger partial charge in [-0.1, -0.05) is 19.9 Å². The minimum absolute atomic E-state index is 0.149. The van der Waals surface area contributed by atoms with Gasteiger partial charge < -0.3 is 20.1 Å². The molecule has 0 radical (unpaired) electrons. The molecular formula is C18H20N2O5. The first-order chi connectivity index (χ1) is 11.6. The molecular weight excluding hydrogens is 324 g/mol. The zero-order chi connectivity index (χ0) is 18.4. The molecule has 1 saturated heterocycles. The number of carbonyl (C=O) groups is 3. The predicted octanol–water partition coefficient (Wildman–Crippen LogP) is 1.84. The molecule has 0 aliphatic carbocycles. The summed E-state index contributed by atoms with van der Waals surface area (Å²) < 4.78 is 10.1. The molecule has 0 bridgehead atoms. The number of nitrogens with one attached hydrogen (secondary N) is 2. The Balaban J connectivity index is 1.85. The fourth-order valence-corrected chi connectivity index (χ4v) is 2.84. The van der Waals surface area contributed by atoms with E-state index < -0.39 is 17.7 Å². The Morgan fingerprint density at radius 3 is 2.36 bits per heavy atom. The molecule has 7 heteroatoms. The maximum absolute atomic E-state index is 12.1. The fraction of sp³-hybridized carbons (Fsp3) is 0.389. The number of esters is 2. The minimum atomic E-state index is -1.28. The van der Waals surface area contributed by atoms with E-state index >= 15 is 0 Å². The fourth-order valence-electron chi connectivity index (χ4n) is 2.84. The number of carbonyl (C=O) groups excluding carboxylic acids is 3. The Bertz CT molecular complexity index is 786. The van der Waals surface area contributed by atoms with E-state index in [0.29, 0.717) is 17.8 Å². The van der Waals surface area contributed by atoms with Crippen molar-refractivity contribution in [2.45, 2.75) is 38.9 Å². The molecule has 0 unspecified atom stereocenters. The Hall–Kier alpha value is -2.83. The van der Waals surface area contributed by atoms with Crippen LogP contribution in [-0.4, -0.2) is 30.2 Å². The van der Waals surface area contributed by atoms with Gasteiger partial charge in [0.1, 0.15) is 0 Å². The topological polar surface area (TPSA) is 93.7 Å². The van der Waals surface area contributed by atoms with Crippen LogP contribution in [0, 0.1) is 0 Å². The largest absolute Gasteiger partial charge is 0.419 e. The van der Waals surface area contributed by atoms with Crippen LogP contribution >= 0.6 is 0 Å². The van der Waals surface area contributed by atoms with E-state index in [0.717, 1.165) is 5.56 Å². The lowest BCUT2D eigenvalue weighted by Gasteiger charge is -2.32. The Morgan fingerprint density at radius 1 is 1.08 bits per heavy atom. The lowest BCUT2D eigenvalue weighted by atomic mass is 9.79. The van der Waals surface area contributed by atoms with Crippen molar-refractivity contribution < 1.29 is 23.9 Å². The first-order valence-electron chi connectivity index (χ1n) is 7.95.